The van der Waals surface area contributed by atoms with Gasteiger partial charge in [0.15, 0.2) is 5.96 Å². The quantitative estimate of drug-likeness (QED) is 0.168. The third kappa shape index (κ3) is 7.96. The molecular formula is C20H28N6O2. The van der Waals surface area contributed by atoms with Crippen LogP contribution in [0.4, 0.5) is 5.69 Å². The Hall–Kier alpha value is -3.26. The van der Waals surface area contributed by atoms with Crippen molar-refractivity contribution in [3.63, 3.8) is 0 Å². The average molecular weight is 384 g/mol. The molecule has 28 heavy (non-hydrogen) atoms. The summed E-state index contributed by atoms with van der Waals surface area (Å²) in [7, 11) is 0. The van der Waals surface area contributed by atoms with Gasteiger partial charge in [-0.3, -0.25) is 4.79 Å². The van der Waals surface area contributed by atoms with E-state index in [4.69, 9.17) is 21.9 Å². The van der Waals surface area contributed by atoms with Gasteiger partial charge in [0.2, 0.25) is 0 Å². The molecule has 8 nitrogen and oxygen atoms in total. The molecule has 8 N–H and O–H groups in total. The summed E-state index contributed by atoms with van der Waals surface area (Å²) in [5.74, 6) is 0.787. The highest BCUT2D eigenvalue weighted by Crippen LogP contribution is 2.13. The lowest BCUT2D eigenvalue weighted by Crippen LogP contribution is -2.32. The fraction of sp³-hybridized carbons (Fsp3) is 0.300. The highest BCUT2D eigenvalue weighted by atomic mass is 16.5. The number of carbonyl (C=O) groups is 1. The van der Waals surface area contributed by atoms with Crippen LogP contribution < -0.4 is 32.6 Å². The number of ether oxygens (including phenoxy) is 1. The van der Waals surface area contributed by atoms with Crippen molar-refractivity contribution in [3.05, 3.63) is 59.7 Å². The summed E-state index contributed by atoms with van der Waals surface area (Å²) in [6.07, 6.45) is 0.863. The number of nitrogens with two attached hydrogens (primary N) is 3. The smallest absolute Gasteiger partial charge is 0.251 e. The second-order valence-electron chi connectivity index (χ2n) is 6.21. The van der Waals surface area contributed by atoms with Gasteiger partial charge in [-0.15, -0.1) is 0 Å². The minimum atomic E-state index is -0.103. The lowest BCUT2D eigenvalue weighted by Gasteiger charge is -2.09. The lowest BCUT2D eigenvalue weighted by molar-refractivity contribution is 0.0954. The first-order valence-electron chi connectivity index (χ1n) is 9.16. The fourth-order valence-corrected chi connectivity index (χ4v) is 2.39. The van der Waals surface area contributed by atoms with Crippen molar-refractivity contribution in [2.45, 2.75) is 13.0 Å². The van der Waals surface area contributed by atoms with Crippen molar-refractivity contribution in [2.24, 2.45) is 16.5 Å². The molecule has 0 saturated heterocycles. The Kier molecular flexibility index (Phi) is 8.61. The van der Waals surface area contributed by atoms with E-state index < -0.39 is 0 Å². The Morgan fingerprint density at radius 3 is 2.36 bits per heavy atom. The van der Waals surface area contributed by atoms with Crippen LogP contribution in [0.5, 0.6) is 5.75 Å². The van der Waals surface area contributed by atoms with Gasteiger partial charge < -0.3 is 32.6 Å². The molecule has 0 aliphatic rings. The van der Waals surface area contributed by atoms with Gasteiger partial charge in [-0.1, -0.05) is 12.1 Å². The third-order valence-corrected chi connectivity index (χ3v) is 3.89. The molecule has 1 amide bonds. The lowest BCUT2D eigenvalue weighted by atomic mass is 10.2. The van der Waals surface area contributed by atoms with Crippen LogP contribution in [-0.2, 0) is 6.54 Å². The molecule has 0 aliphatic carbocycles. The molecule has 2 rings (SSSR count). The number of hydrogen-bond acceptors (Lipinski definition) is 5. The molecule has 0 aliphatic heterocycles. The number of carbonyl (C=O) groups excluding carboxylic acids is 1. The molecule has 0 bridgehead atoms. The van der Waals surface area contributed by atoms with Crippen LogP contribution in [0.1, 0.15) is 22.3 Å². The van der Waals surface area contributed by atoms with E-state index in [0.717, 1.165) is 24.3 Å². The first-order chi connectivity index (χ1) is 13.5. The van der Waals surface area contributed by atoms with Crippen molar-refractivity contribution in [3.8, 4) is 5.75 Å². The van der Waals surface area contributed by atoms with E-state index in [2.05, 4.69) is 15.6 Å². The Morgan fingerprint density at radius 2 is 1.68 bits per heavy atom. The zero-order valence-corrected chi connectivity index (χ0v) is 15.9. The van der Waals surface area contributed by atoms with E-state index in [1.54, 1.807) is 24.3 Å². The fourth-order valence-electron chi connectivity index (χ4n) is 2.39. The molecule has 150 valence electrons. The average Bonchev–Trinajstić information content (AvgIpc) is 2.69. The molecule has 0 radical (unpaired) electrons. The molecule has 0 heterocycles. The highest BCUT2D eigenvalue weighted by molar-refractivity contribution is 5.94. The van der Waals surface area contributed by atoms with E-state index in [0.29, 0.717) is 37.5 Å². The zero-order valence-electron chi connectivity index (χ0n) is 15.9. The van der Waals surface area contributed by atoms with Crippen molar-refractivity contribution in [1.82, 2.24) is 10.6 Å². The summed E-state index contributed by atoms with van der Waals surface area (Å²) in [6, 6.07) is 14.5. The Balaban J connectivity index is 1.52. The molecule has 0 fully saturated rings. The standard InChI is InChI=1S/C20H28N6O2/c21-17-6-4-16(5-7-17)19(27)25-12-11-24-10-1-13-28-18-8-2-15(3-9-18)14-26-20(22)23/h2-9,24H,1,10-14,21H2,(H,25,27)(H4,22,23,26). The van der Waals surface area contributed by atoms with Crippen LogP contribution in [0.25, 0.3) is 0 Å². The van der Waals surface area contributed by atoms with Crippen LogP contribution in [0.15, 0.2) is 53.5 Å². The summed E-state index contributed by atoms with van der Waals surface area (Å²) in [4.78, 5) is 15.9. The highest BCUT2D eigenvalue weighted by Gasteiger charge is 2.03. The number of nitrogens with one attached hydrogen (secondary N) is 2. The number of rotatable bonds is 11. The number of hydrogen-bond donors (Lipinski definition) is 5. The van der Waals surface area contributed by atoms with Gasteiger partial charge in [-0.2, -0.15) is 0 Å². The summed E-state index contributed by atoms with van der Waals surface area (Å²) in [6.45, 7) is 3.13. The zero-order chi connectivity index (χ0) is 20.2. The van der Waals surface area contributed by atoms with Crippen molar-refractivity contribution in [2.75, 3.05) is 32.0 Å². The van der Waals surface area contributed by atoms with Gasteiger partial charge >= 0.3 is 0 Å². The van der Waals surface area contributed by atoms with E-state index in [1.165, 1.54) is 0 Å². The number of amides is 1. The number of nitrogens with zero attached hydrogens (tertiary/aromatic N) is 1. The SMILES string of the molecule is NC(N)=NCc1ccc(OCCCNCCNC(=O)c2ccc(N)cc2)cc1. The van der Waals surface area contributed by atoms with E-state index in [9.17, 15) is 4.79 Å². The van der Waals surface area contributed by atoms with Gasteiger partial charge in [0.05, 0.1) is 13.2 Å². The van der Waals surface area contributed by atoms with E-state index in [-0.39, 0.29) is 11.9 Å². The number of benzene rings is 2. The second-order valence-corrected chi connectivity index (χ2v) is 6.21. The second kappa shape index (κ2) is 11.5. The van der Waals surface area contributed by atoms with Crippen molar-refractivity contribution in [1.29, 1.82) is 0 Å². The van der Waals surface area contributed by atoms with Crippen LogP contribution in [-0.4, -0.2) is 38.1 Å². The van der Waals surface area contributed by atoms with Crippen LogP contribution in [0.2, 0.25) is 0 Å². The Labute approximate surface area is 165 Å². The summed E-state index contributed by atoms with van der Waals surface area (Å²) in [5.41, 5.74) is 18.5. The Morgan fingerprint density at radius 1 is 0.964 bits per heavy atom. The van der Waals surface area contributed by atoms with Gasteiger partial charge in [0, 0.05) is 24.3 Å². The van der Waals surface area contributed by atoms with E-state index in [1.807, 2.05) is 24.3 Å². The van der Waals surface area contributed by atoms with E-state index >= 15 is 0 Å². The molecule has 0 atom stereocenters. The molecule has 2 aromatic carbocycles. The monoisotopic (exact) mass is 384 g/mol. The summed E-state index contributed by atoms with van der Waals surface area (Å²) in [5, 5.41) is 6.13. The number of aliphatic imine (C=N–C) groups is 1. The minimum absolute atomic E-state index is 0.0812. The molecule has 2 aromatic rings. The van der Waals surface area contributed by atoms with Crippen LogP contribution in [0.3, 0.4) is 0 Å². The number of nitrogen functional groups attached to an aromatic ring is 1. The van der Waals surface area contributed by atoms with Crippen LogP contribution >= 0.6 is 0 Å². The molecular weight excluding hydrogens is 356 g/mol. The van der Waals surface area contributed by atoms with Gasteiger partial charge in [0.1, 0.15) is 5.75 Å². The first-order valence-corrected chi connectivity index (χ1v) is 9.16. The van der Waals surface area contributed by atoms with Gasteiger partial charge in [-0.05, 0) is 54.9 Å². The predicted octanol–water partition coefficient (Wildman–Crippen LogP) is 0.831. The molecule has 0 aromatic heterocycles. The third-order valence-electron chi connectivity index (χ3n) is 3.89. The van der Waals surface area contributed by atoms with Crippen molar-refractivity contribution < 1.29 is 9.53 Å². The van der Waals surface area contributed by atoms with Crippen molar-refractivity contribution >= 4 is 17.6 Å². The first kappa shape index (κ1) is 21.0. The van der Waals surface area contributed by atoms with Crippen LogP contribution in [0, 0.1) is 0 Å². The number of guanidine groups is 1. The largest absolute Gasteiger partial charge is 0.494 e. The maximum atomic E-state index is 11.9. The van der Waals surface area contributed by atoms with Gasteiger partial charge in [-0.25, -0.2) is 4.99 Å². The normalized spacial score (nSPS) is 10.3. The van der Waals surface area contributed by atoms with Gasteiger partial charge in [0.25, 0.3) is 5.91 Å². The molecule has 0 saturated carbocycles. The summed E-state index contributed by atoms with van der Waals surface area (Å²) < 4.78 is 5.69. The maximum absolute atomic E-state index is 11.9. The minimum Gasteiger partial charge on any atom is -0.494 e. The maximum Gasteiger partial charge on any atom is 0.251 e. The number of anilines is 1. The molecule has 0 unspecified atom stereocenters. The topological polar surface area (TPSA) is 141 Å². The molecule has 8 heteroatoms. The predicted molar refractivity (Wildman–Crippen MR) is 112 cm³/mol. The Bertz CT molecular complexity index is 755. The molecule has 0 spiro atoms. The summed E-state index contributed by atoms with van der Waals surface area (Å²) >= 11 is 0.